The monoisotopic (exact) mass is 247 g/mol. The normalized spacial score (nSPS) is 32.0. The van der Waals surface area contributed by atoms with Crippen molar-refractivity contribution in [3.63, 3.8) is 0 Å². The van der Waals surface area contributed by atoms with Crippen molar-refractivity contribution in [2.45, 2.75) is 58.0 Å². The molecule has 3 heteroatoms. The molecule has 0 spiro atoms. The Hall–Kier alpha value is -0.830. The van der Waals surface area contributed by atoms with Gasteiger partial charge in [0.15, 0.2) is 0 Å². The van der Waals surface area contributed by atoms with Gasteiger partial charge in [0.1, 0.15) is 0 Å². The third-order valence-corrected chi connectivity index (χ3v) is 5.02. The van der Waals surface area contributed by atoms with Crippen LogP contribution in [0, 0.1) is 17.8 Å². The van der Waals surface area contributed by atoms with Gasteiger partial charge in [0.2, 0.25) is 0 Å². The van der Waals surface area contributed by atoms with Crippen molar-refractivity contribution >= 4 is 0 Å². The first kappa shape index (κ1) is 12.2. The van der Waals surface area contributed by atoms with E-state index in [-0.39, 0.29) is 6.04 Å². The maximum absolute atomic E-state index is 5.99. The van der Waals surface area contributed by atoms with Gasteiger partial charge in [0.25, 0.3) is 0 Å². The van der Waals surface area contributed by atoms with Crippen molar-refractivity contribution in [3.8, 4) is 0 Å². The molecule has 4 unspecified atom stereocenters. The number of nitrogens with two attached hydrogens (primary N) is 1. The van der Waals surface area contributed by atoms with Crippen molar-refractivity contribution < 1.29 is 0 Å². The zero-order valence-electron chi connectivity index (χ0n) is 11.4. The lowest BCUT2D eigenvalue weighted by molar-refractivity contribution is 0.285. The van der Waals surface area contributed by atoms with Crippen LogP contribution in [0.1, 0.15) is 44.6 Å². The number of hydrogen-bond acceptors (Lipinski definition) is 2. The van der Waals surface area contributed by atoms with Gasteiger partial charge in [0, 0.05) is 18.8 Å². The summed E-state index contributed by atoms with van der Waals surface area (Å²) in [5, 5.41) is 4.51. The van der Waals surface area contributed by atoms with E-state index in [0.717, 1.165) is 37.1 Å². The van der Waals surface area contributed by atoms with Gasteiger partial charge in [-0.2, -0.15) is 5.10 Å². The Bertz CT molecular complexity index is 398. The molecule has 4 atom stereocenters. The molecule has 0 aromatic carbocycles. The zero-order chi connectivity index (χ0) is 12.5. The first-order valence-electron chi connectivity index (χ1n) is 7.51. The fourth-order valence-corrected chi connectivity index (χ4v) is 3.90. The first-order valence-corrected chi connectivity index (χ1v) is 7.51. The van der Waals surface area contributed by atoms with Gasteiger partial charge in [-0.25, -0.2) is 0 Å². The molecule has 0 radical (unpaired) electrons. The minimum absolute atomic E-state index is 0.283. The second-order valence-electron chi connectivity index (χ2n) is 6.38. The number of fused-ring (bicyclic) bond motifs is 2. The van der Waals surface area contributed by atoms with Crippen molar-refractivity contribution in [1.29, 1.82) is 0 Å². The second kappa shape index (κ2) is 5.04. The van der Waals surface area contributed by atoms with Gasteiger partial charge in [-0.05, 0) is 55.4 Å². The Morgan fingerprint density at radius 1 is 1.44 bits per heavy atom. The second-order valence-corrected chi connectivity index (χ2v) is 6.38. The smallest absolute Gasteiger partial charge is 0.0522 e. The third kappa shape index (κ3) is 2.46. The Kier molecular flexibility index (Phi) is 3.42. The van der Waals surface area contributed by atoms with E-state index < -0.39 is 0 Å². The lowest BCUT2D eigenvalue weighted by Gasteiger charge is -2.21. The molecule has 100 valence electrons. The average Bonchev–Trinajstić information content (AvgIpc) is 3.06. The molecule has 0 saturated heterocycles. The fourth-order valence-electron chi connectivity index (χ4n) is 3.90. The van der Waals surface area contributed by atoms with E-state index in [1.54, 1.807) is 0 Å². The van der Waals surface area contributed by atoms with Gasteiger partial charge >= 0.3 is 0 Å². The minimum Gasteiger partial charge on any atom is -0.327 e. The van der Waals surface area contributed by atoms with Crippen molar-refractivity contribution in [2.24, 2.45) is 23.5 Å². The molecule has 0 aliphatic heterocycles. The quantitative estimate of drug-likeness (QED) is 0.869. The molecule has 3 nitrogen and oxygen atoms in total. The van der Waals surface area contributed by atoms with Crippen LogP contribution in [0.2, 0.25) is 0 Å². The molecule has 2 saturated carbocycles. The predicted molar refractivity (Wildman–Crippen MR) is 73.1 cm³/mol. The van der Waals surface area contributed by atoms with Crippen LogP contribution >= 0.6 is 0 Å². The number of aromatic nitrogens is 2. The highest BCUT2D eigenvalue weighted by molar-refractivity contribution is 5.06. The molecule has 0 amide bonds. The first-order chi connectivity index (χ1) is 8.74. The summed E-state index contributed by atoms with van der Waals surface area (Å²) in [5.74, 6) is 2.90. The molecule has 3 rings (SSSR count). The van der Waals surface area contributed by atoms with Gasteiger partial charge in [-0.1, -0.05) is 13.3 Å². The third-order valence-electron chi connectivity index (χ3n) is 5.02. The highest BCUT2D eigenvalue weighted by Crippen LogP contribution is 2.48. The van der Waals surface area contributed by atoms with Crippen LogP contribution in [0.4, 0.5) is 0 Å². The Balaban J connectivity index is 1.57. The minimum atomic E-state index is 0.283. The molecule has 1 heterocycles. The number of nitrogens with zero attached hydrogens (tertiary/aromatic N) is 2. The zero-order valence-corrected chi connectivity index (χ0v) is 11.4. The van der Waals surface area contributed by atoms with Crippen LogP contribution in [-0.4, -0.2) is 15.8 Å². The fraction of sp³-hybridized carbons (Fsp3) is 0.800. The highest BCUT2D eigenvalue weighted by atomic mass is 15.3. The van der Waals surface area contributed by atoms with Crippen LogP contribution in [-0.2, 0) is 13.0 Å². The summed E-state index contributed by atoms with van der Waals surface area (Å²) in [6, 6.07) is 0.283. The molecule has 2 bridgehead atoms. The summed E-state index contributed by atoms with van der Waals surface area (Å²) in [5.41, 5.74) is 7.29. The van der Waals surface area contributed by atoms with Gasteiger partial charge in [-0.15, -0.1) is 0 Å². The molecule has 18 heavy (non-hydrogen) atoms. The summed E-state index contributed by atoms with van der Waals surface area (Å²) in [7, 11) is 0. The van der Waals surface area contributed by atoms with Crippen LogP contribution in [0.5, 0.6) is 0 Å². The van der Waals surface area contributed by atoms with Crippen LogP contribution in [0.15, 0.2) is 12.4 Å². The average molecular weight is 247 g/mol. The van der Waals surface area contributed by atoms with E-state index in [2.05, 4.69) is 22.9 Å². The lowest BCUT2D eigenvalue weighted by Crippen LogP contribution is -2.21. The largest absolute Gasteiger partial charge is 0.327 e. The maximum Gasteiger partial charge on any atom is 0.0522 e. The topological polar surface area (TPSA) is 43.8 Å². The molecule has 2 N–H and O–H groups in total. The van der Waals surface area contributed by atoms with Crippen LogP contribution < -0.4 is 5.73 Å². The Morgan fingerprint density at radius 2 is 2.33 bits per heavy atom. The highest BCUT2D eigenvalue weighted by Gasteiger charge is 2.39. The summed E-state index contributed by atoms with van der Waals surface area (Å²) in [6.07, 6.45) is 12.1. The Morgan fingerprint density at radius 3 is 3.00 bits per heavy atom. The van der Waals surface area contributed by atoms with E-state index in [0.29, 0.717) is 0 Å². The standard InChI is InChI=1S/C15H25N3/c1-2-15(16)7-12-8-17-18(9-12)10-14-6-11-3-4-13(14)5-11/h8-9,11,13-15H,2-7,10,16H2,1H3. The van der Waals surface area contributed by atoms with E-state index in [4.69, 9.17) is 5.73 Å². The molecule has 2 aliphatic rings. The molecule has 2 fully saturated rings. The van der Waals surface area contributed by atoms with E-state index >= 15 is 0 Å². The summed E-state index contributed by atoms with van der Waals surface area (Å²) >= 11 is 0. The van der Waals surface area contributed by atoms with Crippen molar-refractivity contribution in [1.82, 2.24) is 9.78 Å². The van der Waals surface area contributed by atoms with Crippen LogP contribution in [0.25, 0.3) is 0 Å². The van der Waals surface area contributed by atoms with E-state index in [9.17, 15) is 0 Å². The van der Waals surface area contributed by atoms with Gasteiger partial charge in [-0.3, -0.25) is 4.68 Å². The number of rotatable bonds is 5. The lowest BCUT2D eigenvalue weighted by atomic mass is 9.89. The van der Waals surface area contributed by atoms with Crippen molar-refractivity contribution in [2.75, 3.05) is 0 Å². The van der Waals surface area contributed by atoms with Crippen LogP contribution in [0.3, 0.4) is 0 Å². The summed E-state index contributed by atoms with van der Waals surface area (Å²) in [4.78, 5) is 0. The molecule has 1 aromatic heterocycles. The summed E-state index contributed by atoms with van der Waals surface area (Å²) < 4.78 is 2.16. The molecule has 2 aliphatic carbocycles. The van der Waals surface area contributed by atoms with E-state index in [1.165, 1.54) is 31.2 Å². The maximum atomic E-state index is 5.99. The molecular weight excluding hydrogens is 222 g/mol. The van der Waals surface area contributed by atoms with Gasteiger partial charge < -0.3 is 5.73 Å². The van der Waals surface area contributed by atoms with Crippen molar-refractivity contribution in [3.05, 3.63) is 18.0 Å². The molecular formula is C15H25N3. The van der Waals surface area contributed by atoms with E-state index in [1.807, 2.05) is 6.20 Å². The Labute approximate surface area is 110 Å². The predicted octanol–water partition coefficient (Wildman–Crippen LogP) is 2.60. The molecule has 1 aromatic rings. The van der Waals surface area contributed by atoms with Gasteiger partial charge in [0.05, 0.1) is 6.20 Å². The number of hydrogen-bond donors (Lipinski definition) is 1. The SMILES string of the molecule is CCC(N)Cc1cnn(CC2CC3CCC2C3)c1. The summed E-state index contributed by atoms with van der Waals surface area (Å²) in [6.45, 7) is 3.27.